The molecular formula is C19H24FN3O3. The maximum atomic E-state index is 13.3. The average molecular weight is 361 g/mol. The minimum absolute atomic E-state index is 0.0433. The number of nitrogens with zero attached hydrogens (tertiary/aromatic N) is 1. The summed E-state index contributed by atoms with van der Waals surface area (Å²) >= 11 is 0. The zero-order valence-electron chi connectivity index (χ0n) is 15.0. The van der Waals surface area contributed by atoms with Crippen molar-refractivity contribution in [3.05, 3.63) is 35.6 Å². The molecule has 0 aliphatic carbocycles. The second kappa shape index (κ2) is 7.43. The van der Waals surface area contributed by atoms with Gasteiger partial charge in [-0.3, -0.25) is 14.4 Å². The molecule has 0 bridgehead atoms. The van der Waals surface area contributed by atoms with Gasteiger partial charge in [-0.2, -0.15) is 0 Å². The molecule has 26 heavy (non-hydrogen) atoms. The van der Waals surface area contributed by atoms with Crippen LogP contribution in [0.4, 0.5) is 4.39 Å². The first-order valence-electron chi connectivity index (χ1n) is 9.02. The van der Waals surface area contributed by atoms with Gasteiger partial charge in [0.1, 0.15) is 17.9 Å². The fourth-order valence-electron chi connectivity index (χ4n) is 3.67. The van der Waals surface area contributed by atoms with Crippen LogP contribution in [0.2, 0.25) is 0 Å². The van der Waals surface area contributed by atoms with Crippen molar-refractivity contribution in [2.75, 3.05) is 6.54 Å². The molecule has 2 fully saturated rings. The Kier molecular flexibility index (Phi) is 5.25. The van der Waals surface area contributed by atoms with Crippen molar-refractivity contribution in [2.24, 2.45) is 5.92 Å². The third-order valence-corrected chi connectivity index (χ3v) is 4.93. The maximum Gasteiger partial charge on any atom is 0.251 e. The molecule has 3 unspecified atom stereocenters. The number of hydrogen-bond acceptors (Lipinski definition) is 3. The molecule has 0 radical (unpaired) electrons. The molecule has 7 heteroatoms. The monoisotopic (exact) mass is 361 g/mol. The zero-order chi connectivity index (χ0) is 18.8. The number of amides is 3. The lowest BCUT2D eigenvalue weighted by atomic mass is 9.91. The highest BCUT2D eigenvalue weighted by Crippen LogP contribution is 2.24. The predicted octanol–water partition coefficient (Wildman–Crippen LogP) is 1.46. The quantitative estimate of drug-likeness (QED) is 0.852. The SMILES string of the molecule is CC(C)CC1NC(=O)C2CC(NC(=O)c3cccc(F)c3)CCN2C1=O. The van der Waals surface area contributed by atoms with E-state index in [-0.39, 0.29) is 29.3 Å². The standard InChI is InChI=1S/C19H24FN3O3/c1-11(2)8-15-19(26)23-7-6-14(10-16(23)18(25)22-15)21-17(24)12-4-3-5-13(20)9-12/h3-5,9,11,14-16H,6-8,10H2,1-2H3,(H,21,24)(H,22,25). The van der Waals surface area contributed by atoms with E-state index in [1.165, 1.54) is 18.2 Å². The number of fused-ring (bicyclic) bond motifs is 1. The van der Waals surface area contributed by atoms with E-state index in [1.54, 1.807) is 11.0 Å². The fourth-order valence-corrected chi connectivity index (χ4v) is 3.67. The lowest BCUT2D eigenvalue weighted by Gasteiger charge is -2.44. The Bertz CT molecular complexity index is 722. The highest BCUT2D eigenvalue weighted by atomic mass is 19.1. The molecule has 2 heterocycles. The second-order valence-corrected chi connectivity index (χ2v) is 7.44. The fraction of sp³-hybridized carbons (Fsp3) is 0.526. The van der Waals surface area contributed by atoms with Crippen LogP contribution < -0.4 is 10.6 Å². The summed E-state index contributed by atoms with van der Waals surface area (Å²) in [6, 6.07) is 4.23. The first-order chi connectivity index (χ1) is 12.3. The summed E-state index contributed by atoms with van der Waals surface area (Å²) in [6.45, 7) is 4.46. The molecule has 6 nitrogen and oxygen atoms in total. The number of nitrogens with one attached hydrogen (secondary N) is 2. The molecule has 1 aromatic rings. The van der Waals surface area contributed by atoms with Gasteiger partial charge in [0.05, 0.1) is 0 Å². The van der Waals surface area contributed by atoms with E-state index in [9.17, 15) is 18.8 Å². The van der Waals surface area contributed by atoms with Crippen LogP contribution in [0.1, 0.15) is 43.5 Å². The summed E-state index contributed by atoms with van der Waals surface area (Å²) in [7, 11) is 0. The van der Waals surface area contributed by atoms with Gasteiger partial charge in [-0.25, -0.2) is 4.39 Å². The number of halogens is 1. The summed E-state index contributed by atoms with van der Waals surface area (Å²) < 4.78 is 13.3. The van der Waals surface area contributed by atoms with E-state index >= 15 is 0 Å². The van der Waals surface area contributed by atoms with Crippen molar-refractivity contribution in [3.63, 3.8) is 0 Å². The lowest BCUT2D eigenvalue weighted by molar-refractivity contribution is -0.152. The summed E-state index contributed by atoms with van der Waals surface area (Å²) in [5, 5.41) is 5.67. The van der Waals surface area contributed by atoms with Crippen molar-refractivity contribution < 1.29 is 18.8 Å². The second-order valence-electron chi connectivity index (χ2n) is 7.44. The zero-order valence-corrected chi connectivity index (χ0v) is 15.0. The molecule has 3 atom stereocenters. The Morgan fingerprint density at radius 2 is 2.15 bits per heavy atom. The number of rotatable bonds is 4. The normalized spacial score (nSPS) is 25.7. The minimum atomic E-state index is -0.558. The van der Waals surface area contributed by atoms with Gasteiger partial charge in [0.2, 0.25) is 11.8 Å². The number of benzene rings is 1. The topological polar surface area (TPSA) is 78.5 Å². The molecule has 0 aromatic heterocycles. The van der Waals surface area contributed by atoms with Crippen molar-refractivity contribution >= 4 is 17.7 Å². The molecule has 3 rings (SSSR count). The van der Waals surface area contributed by atoms with Crippen LogP contribution in [-0.2, 0) is 9.59 Å². The summed E-state index contributed by atoms with van der Waals surface area (Å²) in [5.41, 5.74) is 0.244. The number of piperidine rings is 1. The average Bonchev–Trinajstić information content (AvgIpc) is 2.59. The van der Waals surface area contributed by atoms with Crippen molar-refractivity contribution in [2.45, 2.75) is 51.2 Å². The number of carbonyl (C=O) groups excluding carboxylic acids is 3. The maximum absolute atomic E-state index is 13.3. The largest absolute Gasteiger partial charge is 0.349 e. The molecule has 2 aliphatic rings. The summed E-state index contributed by atoms with van der Waals surface area (Å²) in [5.74, 6) is -0.744. The number of piperazine rings is 1. The highest BCUT2D eigenvalue weighted by molar-refractivity contribution is 5.97. The Hall–Kier alpha value is -2.44. The molecule has 0 spiro atoms. The van der Waals surface area contributed by atoms with Gasteiger partial charge in [-0.05, 0) is 43.4 Å². The van der Waals surface area contributed by atoms with Crippen molar-refractivity contribution in [1.82, 2.24) is 15.5 Å². The molecule has 2 aliphatic heterocycles. The van der Waals surface area contributed by atoms with E-state index in [1.807, 2.05) is 13.8 Å². The minimum Gasteiger partial charge on any atom is -0.349 e. The van der Waals surface area contributed by atoms with Gasteiger partial charge in [0.25, 0.3) is 5.91 Å². The van der Waals surface area contributed by atoms with Crippen LogP contribution in [0.3, 0.4) is 0 Å². The van der Waals surface area contributed by atoms with E-state index in [0.717, 1.165) is 0 Å². The Labute approximate surface area is 152 Å². The van der Waals surface area contributed by atoms with Gasteiger partial charge in [-0.15, -0.1) is 0 Å². The Balaban J connectivity index is 1.64. The molecular weight excluding hydrogens is 337 g/mol. The van der Waals surface area contributed by atoms with E-state index in [4.69, 9.17) is 0 Å². The van der Waals surface area contributed by atoms with E-state index < -0.39 is 17.9 Å². The third kappa shape index (κ3) is 3.86. The summed E-state index contributed by atoms with van der Waals surface area (Å²) in [4.78, 5) is 39.0. The first-order valence-corrected chi connectivity index (χ1v) is 9.02. The van der Waals surface area contributed by atoms with Crippen molar-refractivity contribution in [1.29, 1.82) is 0 Å². The third-order valence-electron chi connectivity index (χ3n) is 4.93. The van der Waals surface area contributed by atoms with Crippen LogP contribution in [0.25, 0.3) is 0 Å². The molecule has 1 aromatic carbocycles. The van der Waals surface area contributed by atoms with E-state index in [0.29, 0.717) is 31.7 Å². The summed E-state index contributed by atoms with van der Waals surface area (Å²) in [6.07, 6.45) is 1.56. The first kappa shape index (κ1) is 18.4. The van der Waals surface area contributed by atoms with Crippen molar-refractivity contribution in [3.8, 4) is 0 Å². The van der Waals surface area contributed by atoms with Crippen LogP contribution in [0.5, 0.6) is 0 Å². The lowest BCUT2D eigenvalue weighted by Crippen LogP contribution is -2.67. The molecule has 2 saturated heterocycles. The predicted molar refractivity (Wildman–Crippen MR) is 93.8 cm³/mol. The van der Waals surface area contributed by atoms with Gasteiger partial charge in [0.15, 0.2) is 0 Å². The van der Waals surface area contributed by atoms with Gasteiger partial charge >= 0.3 is 0 Å². The molecule has 0 saturated carbocycles. The number of carbonyl (C=O) groups is 3. The van der Waals surface area contributed by atoms with Crippen LogP contribution in [-0.4, -0.2) is 47.3 Å². The van der Waals surface area contributed by atoms with Crippen LogP contribution >= 0.6 is 0 Å². The number of hydrogen-bond donors (Lipinski definition) is 2. The van der Waals surface area contributed by atoms with Gasteiger partial charge < -0.3 is 15.5 Å². The molecule has 3 amide bonds. The molecule has 140 valence electrons. The van der Waals surface area contributed by atoms with Crippen LogP contribution in [0.15, 0.2) is 24.3 Å². The van der Waals surface area contributed by atoms with Gasteiger partial charge in [0, 0.05) is 18.2 Å². The Morgan fingerprint density at radius 1 is 1.38 bits per heavy atom. The Morgan fingerprint density at radius 3 is 2.85 bits per heavy atom. The highest BCUT2D eigenvalue weighted by Gasteiger charge is 2.44. The van der Waals surface area contributed by atoms with Gasteiger partial charge in [-0.1, -0.05) is 19.9 Å². The smallest absolute Gasteiger partial charge is 0.251 e. The van der Waals surface area contributed by atoms with Crippen LogP contribution in [0, 0.1) is 11.7 Å². The molecule has 2 N–H and O–H groups in total. The van der Waals surface area contributed by atoms with E-state index in [2.05, 4.69) is 10.6 Å².